The summed E-state index contributed by atoms with van der Waals surface area (Å²) in [5.41, 5.74) is 1.05. The van der Waals surface area contributed by atoms with Gasteiger partial charge in [0.25, 0.3) is 5.91 Å². The minimum absolute atomic E-state index is 0.0307. The summed E-state index contributed by atoms with van der Waals surface area (Å²) in [6.45, 7) is 4.21. The summed E-state index contributed by atoms with van der Waals surface area (Å²) < 4.78 is 29.1. The fourth-order valence-corrected chi connectivity index (χ4v) is 3.10. The third-order valence-electron chi connectivity index (χ3n) is 3.28. The molecule has 24 heavy (non-hydrogen) atoms. The van der Waals surface area contributed by atoms with Crippen molar-refractivity contribution in [2.24, 2.45) is 0 Å². The van der Waals surface area contributed by atoms with E-state index in [0.717, 1.165) is 17.6 Å². The molecule has 0 unspecified atom stereocenters. The van der Waals surface area contributed by atoms with Crippen LogP contribution in [0.4, 0.5) is 0 Å². The first-order valence-corrected chi connectivity index (χ1v) is 9.49. The average molecular weight is 347 g/mol. The molecule has 0 radical (unpaired) electrons. The molecule has 2 rings (SSSR count). The van der Waals surface area contributed by atoms with Gasteiger partial charge < -0.3 is 10.1 Å². The maximum Gasteiger partial charge on any atom is 0.252 e. The summed E-state index contributed by atoms with van der Waals surface area (Å²) >= 11 is 0. The molecule has 2 aromatic rings. The number of hydrogen-bond acceptors (Lipinski definition) is 4. The van der Waals surface area contributed by atoms with Gasteiger partial charge in [0.2, 0.25) is 0 Å². The topological polar surface area (TPSA) is 72.5 Å². The lowest BCUT2D eigenvalue weighted by Gasteiger charge is -2.11. The Bertz CT molecular complexity index is 811. The molecular formula is C18H21NO4S. The summed E-state index contributed by atoms with van der Waals surface area (Å²) in [6, 6.07) is 13.6. The van der Waals surface area contributed by atoms with E-state index in [4.69, 9.17) is 4.74 Å². The lowest BCUT2D eigenvalue weighted by atomic mass is 10.2. The van der Waals surface area contributed by atoms with E-state index < -0.39 is 15.7 Å². The summed E-state index contributed by atoms with van der Waals surface area (Å²) in [4.78, 5) is 12.3. The van der Waals surface area contributed by atoms with Crippen LogP contribution >= 0.6 is 0 Å². The highest BCUT2D eigenvalue weighted by molar-refractivity contribution is 7.90. The van der Waals surface area contributed by atoms with E-state index >= 15 is 0 Å². The van der Waals surface area contributed by atoms with Crippen molar-refractivity contribution in [1.82, 2.24) is 5.32 Å². The predicted molar refractivity (Wildman–Crippen MR) is 92.9 cm³/mol. The van der Waals surface area contributed by atoms with Gasteiger partial charge in [-0.05, 0) is 43.7 Å². The fraction of sp³-hybridized carbons (Fsp3) is 0.278. The van der Waals surface area contributed by atoms with Crippen LogP contribution in [0, 0.1) is 0 Å². The van der Waals surface area contributed by atoms with E-state index in [1.54, 1.807) is 12.1 Å². The number of sulfone groups is 1. The van der Waals surface area contributed by atoms with Crippen molar-refractivity contribution in [3.63, 3.8) is 0 Å². The van der Waals surface area contributed by atoms with Crippen molar-refractivity contribution < 1.29 is 17.9 Å². The maximum absolute atomic E-state index is 12.3. The Hall–Kier alpha value is -2.34. The standard InChI is InChI=1S/C18H21NO4S/c1-13(2)23-15-10-8-14(9-11-15)12-19-18(20)16-6-4-5-7-17(16)24(3,21)22/h4-11,13H,12H2,1-3H3,(H,19,20). The van der Waals surface area contributed by atoms with Crippen LogP contribution in [0.3, 0.4) is 0 Å². The first-order chi connectivity index (χ1) is 11.3. The molecular weight excluding hydrogens is 326 g/mol. The molecule has 0 aromatic heterocycles. The zero-order valence-electron chi connectivity index (χ0n) is 13.9. The number of benzene rings is 2. The van der Waals surface area contributed by atoms with Crippen molar-refractivity contribution >= 4 is 15.7 Å². The van der Waals surface area contributed by atoms with Crippen molar-refractivity contribution in [1.29, 1.82) is 0 Å². The highest BCUT2D eigenvalue weighted by Gasteiger charge is 2.17. The molecule has 0 atom stereocenters. The molecule has 0 saturated carbocycles. The molecule has 128 valence electrons. The molecule has 2 aromatic carbocycles. The molecule has 0 fully saturated rings. The molecule has 0 spiro atoms. The Morgan fingerprint density at radius 2 is 1.71 bits per heavy atom. The van der Waals surface area contributed by atoms with Gasteiger partial charge in [-0.15, -0.1) is 0 Å². The monoisotopic (exact) mass is 347 g/mol. The maximum atomic E-state index is 12.3. The second-order valence-corrected chi connectivity index (χ2v) is 7.75. The first kappa shape index (κ1) is 18.0. The van der Waals surface area contributed by atoms with E-state index in [2.05, 4.69) is 5.32 Å². The van der Waals surface area contributed by atoms with Gasteiger partial charge in [0.05, 0.1) is 16.6 Å². The Balaban J connectivity index is 2.06. The smallest absolute Gasteiger partial charge is 0.252 e. The van der Waals surface area contributed by atoms with Gasteiger partial charge in [-0.2, -0.15) is 0 Å². The first-order valence-electron chi connectivity index (χ1n) is 7.60. The molecule has 0 bridgehead atoms. The quantitative estimate of drug-likeness (QED) is 0.872. The second kappa shape index (κ2) is 7.49. The third-order valence-corrected chi connectivity index (χ3v) is 4.43. The molecule has 0 aliphatic heterocycles. The Morgan fingerprint density at radius 3 is 2.29 bits per heavy atom. The van der Waals surface area contributed by atoms with E-state index in [-0.39, 0.29) is 16.6 Å². The lowest BCUT2D eigenvalue weighted by molar-refractivity contribution is 0.0947. The van der Waals surface area contributed by atoms with E-state index in [9.17, 15) is 13.2 Å². The van der Waals surface area contributed by atoms with Crippen molar-refractivity contribution in [2.75, 3.05) is 6.26 Å². The Labute approximate surface area is 142 Å². The SMILES string of the molecule is CC(C)Oc1ccc(CNC(=O)c2ccccc2S(C)(=O)=O)cc1. The van der Waals surface area contributed by atoms with Gasteiger partial charge in [-0.25, -0.2) is 8.42 Å². The van der Waals surface area contributed by atoms with E-state index in [1.807, 2.05) is 38.1 Å². The van der Waals surface area contributed by atoms with Crippen LogP contribution in [-0.4, -0.2) is 26.7 Å². The molecule has 5 nitrogen and oxygen atoms in total. The van der Waals surface area contributed by atoms with Crippen LogP contribution in [0.25, 0.3) is 0 Å². The van der Waals surface area contributed by atoms with Gasteiger partial charge in [-0.1, -0.05) is 24.3 Å². The van der Waals surface area contributed by atoms with Crippen LogP contribution in [0.1, 0.15) is 29.8 Å². The number of nitrogens with one attached hydrogen (secondary N) is 1. The molecule has 6 heteroatoms. The van der Waals surface area contributed by atoms with Crippen LogP contribution in [0.2, 0.25) is 0 Å². The van der Waals surface area contributed by atoms with Crippen molar-refractivity contribution in [2.45, 2.75) is 31.4 Å². The zero-order valence-corrected chi connectivity index (χ0v) is 14.8. The molecule has 1 amide bonds. The number of ether oxygens (including phenoxy) is 1. The summed E-state index contributed by atoms with van der Waals surface area (Å²) in [7, 11) is -3.46. The minimum Gasteiger partial charge on any atom is -0.491 e. The summed E-state index contributed by atoms with van der Waals surface area (Å²) in [5, 5.41) is 2.74. The molecule has 0 saturated heterocycles. The lowest BCUT2D eigenvalue weighted by Crippen LogP contribution is -2.24. The molecule has 0 aliphatic rings. The molecule has 0 aliphatic carbocycles. The van der Waals surface area contributed by atoms with Crippen LogP contribution < -0.4 is 10.1 Å². The predicted octanol–water partition coefficient (Wildman–Crippen LogP) is 2.81. The average Bonchev–Trinajstić information content (AvgIpc) is 2.52. The normalized spacial score (nSPS) is 11.3. The van der Waals surface area contributed by atoms with E-state index in [0.29, 0.717) is 6.54 Å². The highest BCUT2D eigenvalue weighted by Crippen LogP contribution is 2.16. The minimum atomic E-state index is -3.46. The van der Waals surface area contributed by atoms with Gasteiger partial charge in [0, 0.05) is 12.8 Å². The largest absolute Gasteiger partial charge is 0.491 e. The van der Waals surface area contributed by atoms with Crippen molar-refractivity contribution in [3.05, 3.63) is 59.7 Å². The van der Waals surface area contributed by atoms with Crippen LogP contribution in [0.15, 0.2) is 53.4 Å². The number of amides is 1. The number of rotatable bonds is 6. The Morgan fingerprint density at radius 1 is 1.08 bits per heavy atom. The zero-order chi connectivity index (χ0) is 17.7. The Kier molecular flexibility index (Phi) is 5.62. The van der Waals surface area contributed by atoms with Gasteiger partial charge in [0.15, 0.2) is 9.84 Å². The van der Waals surface area contributed by atoms with Gasteiger partial charge >= 0.3 is 0 Å². The van der Waals surface area contributed by atoms with Gasteiger partial charge in [-0.3, -0.25) is 4.79 Å². The number of hydrogen-bond donors (Lipinski definition) is 1. The summed E-state index contributed by atoms with van der Waals surface area (Å²) in [5.74, 6) is 0.348. The van der Waals surface area contributed by atoms with Crippen molar-refractivity contribution in [3.8, 4) is 5.75 Å². The number of carbonyl (C=O) groups excluding carboxylic acids is 1. The van der Waals surface area contributed by atoms with Gasteiger partial charge in [0.1, 0.15) is 5.75 Å². The number of carbonyl (C=O) groups is 1. The molecule has 0 heterocycles. The highest BCUT2D eigenvalue weighted by atomic mass is 32.2. The van der Waals surface area contributed by atoms with Crippen LogP contribution in [0.5, 0.6) is 5.75 Å². The third kappa shape index (κ3) is 4.83. The fourth-order valence-electron chi connectivity index (χ4n) is 2.21. The van der Waals surface area contributed by atoms with Crippen LogP contribution in [-0.2, 0) is 16.4 Å². The molecule has 1 N–H and O–H groups in total. The second-order valence-electron chi connectivity index (χ2n) is 5.76. The van der Waals surface area contributed by atoms with E-state index in [1.165, 1.54) is 12.1 Å². The summed E-state index contributed by atoms with van der Waals surface area (Å²) in [6.07, 6.45) is 1.19.